The third kappa shape index (κ3) is 9.70. The van der Waals surface area contributed by atoms with Crippen LogP contribution >= 0.6 is 46.3 Å². The highest BCUT2D eigenvalue weighted by molar-refractivity contribution is 8.01. The van der Waals surface area contributed by atoms with E-state index in [-0.39, 0.29) is 15.4 Å². The van der Waals surface area contributed by atoms with Gasteiger partial charge in [0.05, 0.1) is 21.2 Å². The molecule has 0 aromatic carbocycles. The molecule has 0 unspecified atom stereocenters. The third-order valence-electron chi connectivity index (χ3n) is 6.38. The first-order chi connectivity index (χ1) is 19.0. The number of aryl methyl sites for hydroxylation is 2. The predicted octanol–water partition coefficient (Wildman–Crippen LogP) is 9.01. The number of thiophene rings is 1. The Morgan fingerprint density at radius 3 is 2.46 bits per heavy atom. The van der Waals surface area contributed by atoms with Crippen LogP contribution in [0.2, 0.25) is 0 Å². The van der Waals surface area contributed by atoms with Crippen molar-refractivity contribution in [2.45, 2.75) is 65.0 Å². The van der Waals surface area contributed by atoms with Gasteiger partial charge in [-0.05, 0) is 82.0 Å². The number of fused-ring (bicyclic) bond motifs is 1. The maximum Gasteiger partial charge on any atom is 0.185 e. The lowest BCUT2D eigenvalue weighted by Gasteiger charge is -2.21. The molecule has 0 aliphatic heterocycles. The van der Waals surface area contributed by atoms with Crippen LogP contribution in [0.4, 0.5) is 0 Å². The number of thioether (sulfide) groups is 1. The van der Waals surface area contributed by atoms with Gasteiger partial charge in [-0.25, -0.2) is 8.42 Å². The fourth-order valence-electron chi connectivity index (χ4n) is 4.00. The van der Waals surface area contributed by atoms with Gasteiger partial charge in [-0.2, -0.15) is 0 Å². The number of nitrogens with zero attached hydrogens (tertiary/aromatic N) is 2. The zero-order valence-corrected chi connectivity index (χ0v) is 28.6. The van der Waals surface area contributed by atoms with Crippen molar-refractivity contribution in [3.63, 3.8) is 0 Å². The highest BCUT2D eigenvalue weighted by Gasteiger charge is 2.34. The predicted molar refractivity (Wildman–Crippen MR) is 175 cm³/mol. The second-order valence-electron chi connectivity index (χ2n) is 10.4. The molecule has 222 valence electrons. The highest BCUT2D eigenvalue weighted by Crippen LogP contribution is 2.41. The Morgan fingerprint density at radius 2 is 1.95 bits per heavy atom. The smallest absolute Gasteiger partial charge is 0.185 e. The number of aromatic nitrogens is 1. The number of carbonyl (C=O) groups excluding carboxylic acids is 1. The van der Waals surface area contributed by atoms with E-state index in [4.69, 9.17) is 27.7 Å². The Bertz CT molecular complexity index is 1580. The standard InChI is InChI=1S/C13H18O3S2.C12H9Cl2NO.C5H9NS/c1-8-9-7-13(2,3)6-5-10(14)11(9)12(17-8)18(4,15)16;1-7-8(2)16-15-12(7)10-6-9(13)4-3-5-11(10)14;1-5(6-2)4-7-3/h5-7H2,1-4H3;3-5H,1-2H3;4H,2H2,1,3H3/b;;5-4-. The molecule has 0 saturated heterocycles. The van der Waals surface area contributed by atoms with Crippen molar-refractivity contribution in [1.29, 1.82) is 0 Å². The summed E-state index contributed by atoms with van der Waals surface area (Å²) in [5, 5.41) is 6.95. The zero-order valence-electron chi connectivity index (χ0n) is 24.6. The van der Waals surface area contributed by atoms with Gasteiger partial charge in [-0.3, -0.25) is 9.79 Å². The molecule has 0 fully saturated rings. The fraction of sp³-hybridized carbons (Fsp3) is 0.400. The number of Topliss-reactive ketones (excluding diaryl/α,β-unsaturated/α-hetero) is 1. The number of hydrogen-bond donors (Lipinski definition) is 0. The summed E-state index contributed by atoms with van der Waals surface area (Å²) >= 11 is 14.9. The molecule has 2 aliphatic carbocycles. The van der Waals surface area contributed by atoms with E-state index in [1.807, 2.05) is 39.4 Å². The molecule has 0 amide bonds. The van der Waals surface area contributed by atoms with Crippen molar-refractivity contribution in [3.8, 4) is 0 Å². The van der Waals surface area contributed by atoms with E-state index in [0.717, 1.165) is 40.3 Å². The molecule has 6 nitrogen and oxygen atoms in total. The Labute approximate surface area is 261 Å². The molecular formula is C30H36Cl2N2O4S3. The number of sulfone groups is 1. The van der Waals surface area contributed by atoms with Gasteiger partial charge < -0.3 is 4.52 Å². The topological polar surface area (TPSA) is 89.6 Å². The van der Waals surface area contributed by atoms with Gasteiger partial charge in [-0.1, -0.05) is 54.0 Å². The van der Waals surface area contributed by atoms with E-state index in [1.54, 1.807) is 30.0 Å². The Kier molecular flexibility index (Phi) is 12.7. The summed E-state index contributed by atoms with van der Waals surface area (Å²) in [5.41, 5.74) is 7.74. The monoisotopic (exact) mass is 654 g/mol. The van der Waals surface area contributed by atoms with Gasteiger partial charge in [0.1, 0.15) is 15.7 Å². The molecule has 2 heterocycles. The van der Waals surface area contributed by atoms with Crippen LogP contribution in [0, 0.1) is 26.2 Å². The molecule has 0 spiro atoms. The summed E-state index contributed by atoms with van der Waals surface area (Å²) < 4.78 is 29.0. The van der Waals surface area contributed by atoms with Crippen molar-refractivity contribution in [2.75, 3.05) is 12.5 Å². The second kappa shape index (κ2) is 14.9. The summed E-state index contributed by atoms with van der Waals surface area (Å²) in [5.74, 6) is 0.752. The third-order valence-corrected chi connectivity index (χ3v) is 10.5. The Morgan fingerprint density at radius 1 is 1.29 bits per heavy atom. The lowest BCUT2D eigenvalue weighted by atomic mass is 9.83. The van der Waals surface area contributed by atoms with Crippen LogP contribution in [-0.2, 0) is 16.3 Å². The van der Waals surface area contributed by atoms with E-state index in [0.29, 0.717) is 33.3 Å². The quantitative estimate of drug-likeness (QED) is 0.186. The largest absolute Gasteiger partial charge is 0.361 e. The van der Waals surface area contributed by atoms with Gasteiger partial charge in [-0.15, -0.1) is 23.1 Å². The molecule has 0 N–H and O–H groups in total. The maximum atomic E-state index is 12.2. The Hall–Kier alpha value is -2.13. The molecule has 0 radical (unpaired) electrons. The lowest BCUT2D eigenvalue weighted by Crippen LogP contribution is -2.13. The number of allylic oxidation sites excluding steroid dienone is 6. The average Bonchev–Trinajstić information content (AvgIpc) is 3.28. The van der Waals surface area contributed by atoms with Gasteiger partial charge in [0.2, 0.25) is 0 Å². The minimum Gasteiger partial charge on any atom is -0.361 e. The zero-order chi connectivity index (χ0) is 31.1. The van der Waals surface area contributed by atoms with Crippen LogP contribution < -0.4 is 0 Å². The van der Waals surface area contributed by atoms with Crippen molar-refractivity contribution in [3.05, 3.63) is 78.2 Å². The van der Waals surface area contributed by atoms with Gasteiger partial charge in [0.15, 0.2) is 15.6 Å². The van der Waals surface area contributed by atoms with E-state index >= 15 is 0 Å². The minimum atomic E-state index is -3.31. The number of ketones is 1. The molecule has 4 rings (SSSR count). The van der Waals surface area contributed by atoms with E-state index in [1.165, 1.54) is 17.6 Å². The molecule has 0 saturated carbocycles. The molecule has 0 atom stereocenters. The maximum absolute atomic E-state index is 12.2. The van der Waals surface area contributed by atoms with Crippen molar-refractivity contribution >= 4 is 74.2 Å². The molecule has 0 bridgehead atoms. The molecule has 2 aromatic heterocycles. The highest BCUT2D eigenvalue weighted by atomic mass is 35.5. The summed E-state index contributed by atoms with van der Waals surface area (Å²) in [6.07, 6.45) is 10.5. The SMILES string of the molecule is C=N/C(C)=C\SC.Cc1onc(C2=C=C(Cl)C=CC=C2Cl)c1C.Cc1sc(S(C)(=O)=O)c2c1CC(C)(C)CCC2=O. The van der Waals surface area contributed by atoms with E-state index in [2.05, 4.69) is 36.4 Å². The van der Waals surface area contributed by atoms with Crippen LogP contribution in [0.3, 0.4) is 0 Å². The molecule has 2 aromatic rings. The van der Waals surface area contributed by atoms with Gasteiger partial charge in [0, 0.05) is 28.8 Å². The van der Waals surface area contributed by atoms with Crippen LogP contribution in [0.5, 0.6) is 0 Å². The second-order valence-corrected chi connectivity index (χ2v) is 15.4. The van der Waals surface area contributed by atoms with Crippen molar-refractivity contribution in [2.24, 2.45) is 10.4 Å². The normalized spacial score (nSPS) is 16.5. The molecule has 2 aliphatic rings. The van der Waals surface area contributed by atoms with Crippen LogP contribution in [-0.4, -0.2) is 38.6 Å². The first kappa shape index (κ1) is 35.1. The molecule has 41 heavy (non-hydrogen) atoms. The van der Waals surface area contributed by atoms with Crippen LogP contribution in [0.1, 0.15) is 71.4 Å². The summed E-state index contributed by atoms with van der Waals surface area (Å²) in [6, 6.07) is 0. The van der Waals surface area contributed by atoms with Crippen LogP contribution in [0.25, 0.3) is 5.57 Å². The van der Waals surface area contributed by atoms with Gasteiger partial charge in [0.25, 0.3) is 0 Å². The average molecular weight is 656 g/mol. The number of hydrogen-bond acceptors (Lipinski definition) is 8. The van der Waals surface area contributed by atoms with E-state index < -0.39 is 9.84 Å². The summed E-state index contributed by atoms with van der Waals surface area (Å²) in [4.78, 5) is 16.9. The summed E-state index contributed by atoms with van der Waals surface area (Å²) in [7, 11) is -3.31. The number of carbonyl (C=O) groups is 1. The number of rotatable bonds is 4. The number of halogens is 2. The first-order valence-electron chi connectivity index (χ1n) is 12.7. The minimum absolute atomic E-state index is 0.0136. The molecular weight excluding hydrogens is 619 g/mol. The number of aliphatic imine (C=N–C) groups is 1. The lowest BCUT2D eigenvalue weighted by molar-refractivity contribution is 0.0969. The Balaban J connectivity index is 0.000000236. The van der Waals surface area contributed by atoms with Crippen LogP contribution in [0.15, 0.2) is 58.9 Å². The van der Waals surface area contributed by atoms with Gasteiger partial charge >= 0.3 is 0 Å². The van der Waals surface area contributed by atoms with Crippen molar-refractivity contribution in [1.82, 2.24) is 5.16 Å². The van der Waals surface area contributed by atoms with E-state index in [9.17, 15) is 13.2 Å². The first-order valence-corrected chi connectivity index (χ1v) is 17.4. The summed E-state index contributed by atoms with van der Waals surface area (Å²) in [6.45, 7) is 15.2. The fourth-order valence-corrected chi connectivity index (χ4v) is 7.30. The van der Waals surface area contributed by atoms with Crippen molar-refractivity contribution < 1.29 is 17.7 Å². The molecule has 11 heteroatoms.